The highest BCUT2D eigenvalue weighted by molar-refractivity contribution is 5.94. The summed E-state index contributed by atoms with van der Waals surface area (Å²) in [5.41, 5.74) is 6.29. The van der Waals surface area contributed by atoms with Crippen LogP contribution in [0.25, 0.3) is 0 Å². The number of benzene rings is 1. The van der Waals surface area contributed by atoms with E-state index in [0.29, 0.717) is 11.3 Å². The van der Waals surface area contributed by atoms with E-state index in [4.69, 9.17) is 5.73 Å². The minimum atomic E-state index is -0.369. The van der Waals surface area contributed by atoms with E-state index in [1.807, 2.05) is 0 Å². The molecular weight excluding hydrogens is 195 g/mol. The monoisotopic (exact) mass is 208 g/mol. The Hall–Kier alpha value is -1.42. The molecule has 0 unspecified atom stereocenters. The van der Waals surface area contributed by atoms with Crippen LogP contribution in [0.5, 0.6) is 0 Å². The summed E-state index contributed by atoms with van der Waals surface area (Å²) >= 11 is 0. The van der Waals surface area contributed by atoms with Gasteiger partial charge in [-0.3, -0.25) is 4.79 Å². The molecular formula is C11H13FN2O. The summed E-state index contributed by atoms with van der Waals surface area (Å²) in [6, 6.07) is 4.58. The van der Waals surface area contributed by atoms with Crippen molar-refractivity contribution >= 4 is 11.6 Å². The molecule has 0 radical (unpaired) electrons. The number of hydrogen-bond acceptors (Lipinski definition) is 2. The number of amides is 1. The third kappa shape index (κ3) is 2.15. The van der Waals surface area contributed by atoms with E-state index in [-0.39, 0.29) is 24.2 Å². The van der Waals surface area contributed by atoms with Crippen LogP contribution in [0.4, 0.5) is 10.1 Å². The van der Waals surface area contributed by atoms with Crippen molar-refractivity contribution in [2.75, 3.05) is 5.32 Å². The summed E-state index contributed by atoms with van der Waals surface area (Å²) < 4.78 is 13.3. The van der Waals surface area contributed by atoms with Crippen molar-refractivity contribution in [2.45, 2.75) is 19.4 Å². The van der Waals surface area contributed by atoms with Crippen LogP contribution in [0, 0.1) is 11.7 Å². The summed E-state index contributed by atoms with van der Waals surface area (Å²) in [5.74, 6) is -0.291. The van der Waals surface area contributed by atoms with Crippen LogP contribution < -0.4 is 11.1 Å². The van der Waals surface area contributed by atoms with Gasteiger partial charge in [-0.25, -0.2) is 4.39 Å². The highest BCUT2D eigenvalue weighted by atomic mass is 19.1. The Morgan fingerprint density at radius 3 is 2.87 bits per heavy atom. The van der Waals surface area contributed by atoms with Gasteiger partial charge in [-0.2, -0.15) is 0 Å². The predicted molar refractivity (Wildman–Crippen MR) is 55.6 cm³/mol. The number of carbonyl (C=O) groups is 1. The molecule has 1 aromatic carbocycles. The minimum Gasteiger partial charge on any atom is -0.326 e. The number of nitrogens with two attached hydrogens (primary N) is 1. The van der Waals surface area contributed by atoms with Gasteiger partial charge in [-0.1, -0.05) is 6.07 Å². The van der Waals surface area contributed by atoms with Gasteiger partial charge in [0.1, 0.15) is 5.82 Å². The quantitative estimate of drug-likeness (QED) is 0.793. The van der Waals surface area contributed by atoms with Gasteiger partial charge < -0.3 is 11.1 Å². The van der Waals surface area contributed by atoms with Crippen LogP contribution in [0.2, 0.25) is 0 Å². The van der Waals surface area contributed by atoms with Crippen LogP contribution in [-0.4, -0.2) is 5.91 Å². The fraction of sp³-hybridized carbons (Fsp3) is 0.364. The summed E-state index contributed by atoms with van der Waals surface area (Å²) in [7, 11) is 0. The standard InChI is InChI=1S/C11H13FN2O/c12-9-2-1-3-10(8(9)6-13)14-11(15)7-4-5-7/h1-3,7H,4-6,13H2,(H,14,15). The summed E-state index contributed by atoms with van der Waals surface area (Å²) in [6.45, 7) is 0.0902. The highest BCUT2D eigenvalue weighted by Gasteiger charge is 2.29. The van der Waals surface area contributed by atoms with Gasteiger partial charge in [-0.05, 0) is 25.0 Å². The third-order valence-electron chi connectivity index (χ3n) is 2.53. The zero-order valence-electron chi connectivity index (χ0n) is 8.29. The van der Waals surface area contributed by atoms with E-state index >= 15 is 0 Å². The molecule has 1 aliphatic carbocycles. The number of hydrogen-bond donors (Lipinski definition) is 2. The van der Waals surface area contributed by atoms with E-state index in [1.165, 1.54) is 6.07 Å². The largest absolute Gasteiger partial charge is 0.326 e. The van der Waals surface area contributed by atoms with E-state index < -0.39 is 0 Å². The fourth-order valence-corrected chi connectivity index (χ4v) is 1.46. The molecule has 0 heterocycles. The van der Waals surface area contributed by atoms with Gasteiger partial charge in [0.15, 0.2) is 0 Å². The molecule has 0 bridgehead atoms. The molecule has 1 aromatic rings. The smallest absolute Gasteiger partial charge is 0.227 e. The summed E-state index contributed by atoms with van der Waals surface area (Å²) in [6.07, 6.45) is 1.86. The topological polar surface area (TPSA) is 55.1 Å². The van der Waals surface area contributed by atoms with Gasteiger partial charge in [0, 0.05) is 23.7 Å². The van der Waals surface area contributed by atoms with Crippen LogP contribution >= 0.6 is 0 Å². The minimum absolute atomic E-state index is 0.0321. The van der Waals surface area contributed by atoms with Gasteiger partial charge in [0.25, 0.3) is 0 Å². The molecule has 3 nitrogen and oxygen atoms in total. The average molecular weight is 208 g/mol. The lowest BCUT2D eigenvalue weighted by atomic mass is 10.1. The third-order valence-corrected chi connectivity index (χ3v) is 2.53. The Bertz CT molecular complexity index is 388. The molecule has 1 aliphatic rings. The first-order chi connectivity index (χ1) is 7.22. The molecule has 0 atom stereocenters. The zero-order valence-corrected chi connectivity index (χ0v) is 8.29. The molecule has 0 aromatic heterocycles. The number of halogens is 1. The van der Waals surface area contributed by atoms with Crippen molar-refractivity contribution in [3.8, 4) is 0 Å². The molecule has 0 spiro atoms. The van der Waals surface area contributed by atoms with Gasteiger partial charge in [0.2, 0.25) is 5.91 Å². The average Bonchev–Trinajstić information content (AvgIpc) is 3.01. The fourth-order valence-electron chi connectivity index (χ4n) is 1.46. The first-order valence-electron chi connectivity index (χ1n) is 5.00. The lowest BCUT2D eigenvalue weighted by Gasteiger charge is -2.09. The van der Waals surface area contributed by atoms with Crippen LogP contribution in [-0.2, 0) is 11.3 Å². The molecule has 1 amide bonds. The maximum atomic E-state index is 13.3. The molecule has 2 rings (SSSR count). The van der Waals surface area contributed by atoms with Gasteiger partial charge in [0.05, 0.1) is 0 Å². The Balaban J connectivity index is 2.19. The maximum Gasteiger partial charge on any atom is 0.227 e. The van der Waals surface area contributed by atoms with Crippen molar-refractivity contribution in [3.63, 3.8) is 0 Å². The number of carbonyl (C=O) groups excluding carboxylic acids is 1. The SMILES string of the molecule is NCc1c(F)cccc1NC(=O)C1CC1. The normalized spacial score (nSPS) is 15.1. The maximum absolute atomic E-state index is 13.3. The number of nitrogens with one attached hydrogen (secondary N) is 1. The van der Waals surface area contributed by atoms with Crippen LogP contribution in [0.3, 0.4) is 0 Å². The Morgan fingerprint density at radius 2 is 2.27 bits per heavy atom. The molecule has 80 valence electrons. The van der Waals surface area contributed by atoms with E-state index in [9.17, 15) is 9.18 Å². The molecule has 4 heteroatoms. The lowest BCUT2D eigenvalue weighted by Crippen LogP contribution is -2.16. The first kappa shape index (κ1) is 10.1. The molecule has 1 fully saturated rings. The van der Waals surface area contributed by atoms with E-state index in [1.54, 1.807) is 12.1 Å². The van der Waals surface area contributed by atoms with Crippen molar-refractivity contribution in [3.05, 3.63) is 29.6 Å². The highest BCUT2D eigenvalue weighted by Crippen LogP contribution is 2.30. The Morgan fingerprint density at radius 1 is 1.53 bits per heavy atom. The molecule has 0 aliphatic heterocycles. The van der Waals surface area contributed by atoms with Crippen molar-refractivity contribution in [1.82, 2.24) is 0 Å². The van der Waals surface area contributed by atoms with Crippen molar-refractivity contribution in [2.24, 2.45) is 11.7 Å². The zero-order chi connectivity index (χ0) is 10.8. The molecule has 1 saturated carbocycles. The Kier molecular flexibility index (Phi) is 2.68. The summed E-state index contributed by atoms with van der Waals surface area (Å²) in [5, 5.41) is 2.71. The lowest BCUT2D eigenvalue weighted by molar-refractivity contribution is -0.117. The Labute approximate surface area is 87.5 Å². The molecule has 0 saturated heterocycles. The van der Waals surface area contributed by atoms with Crippen LogP contribution in [0.1, 0.15) is 18.4 Å². The summed E-state index contributed by atoms with van der Waals surface area (Å²) in [4.78, 5) is 11.5. The first-order valence-corrected chi connectivity index (χ1v) is 5.00. The van der Waals surface area contributed by atoms with E-state index in [2.05, 4.69) is 5.32 Å². The van der Waals surface area contributed by atoms with Crippen molar-refractivity contribution in [1.29, 1.82) is 0 Å². The second kappa shape index (κ2) is 3.98. The number of anilines is 1. The predicted octanol–water partition coefficient (Wildman–Crippen LogP) is 1.63. The van der Waals surface area contributed by atoms with Gasteiger partial charge in [-0.15, -0.1) is 0 Å². The molecule has 3 N–H and O–H groups in total. The second-order valence-corrected chi connectivity index (χ2v) is 3.73. The van der Waals surface area contributed by atoms with E-state index in [0.717, 1.165) is 12.8 Å². The number of rotatable bonds is 3. The van der Waals surface area contributed by atoms with Gasteiger partial charge >= 0.3 is 0 Å². The second-order valence-electron chi connectivity index (χ2n) is 3.73. The van der Waals surface area contributed by atoms with Crippen LogP contribution in [0.15, 0.2) is 18.2 Å². The van der Waals surface area contributed by atoms with Crippen molar-refractivity contribution < 1.29 is 9.18 Å². The molecule has 15 heavy (non-hydrogen) atoms.